The molecule has 0 saturated carbocycles. The average molecular weight is 320 g/mol. The summed E-state index contributed by atoms with van der Waals surface area (Å²) in [5.74, 6) is -0.821. The predicted molar refractivity (Wildman–Crippen MR) is 84.1 cm³/mol. The fourth-order valence-corrected chi connectivity index (χ4v) is 2.19. The molecule has 0 amide bonds. The van der Waals surface area contributed by atoms with E-state index in [1.165, 1.54) is 13.2 Å². The molecule has 122 valence electrons. The summed E-state index contributed by atoms with van der Waals surface area (Å²) < 4.78 is 23.6. The van der Waals surface area contributed by atoms with Crippen LogP contribution < -0.4 is 10.1 Å². The molecule has 0 aliphatic heterocycles. The number of anilines is 1. The summed E-state index contributed by atoms with van der Waals surface area (Å²) in [6, 6.07) is 9.76. The van der Waals surface area contributed by atoms with E-state index < -0.39 is 10.7 Å². The van der Waals surface area contributed by atoms with Crippen LogP contribution in [0.15, 0.2) is 36.4 Å². The Labute approximate surface area is 133 Å². The largest absolute Gasteiger partial charge is 0.494 e. The summed E-state index contributed by atoms with van der Waals surface area (Å²) in [5, 5.41) is 14.0. The van der Waals surface area contributed by atoms with Gasteiger partial charge in [0.2, 0.25) is 0 Å². The first kappa shape index (κ1) is 16.7. The van der Waals surface area contributed by atoms with Crippen molar-refractivity contribution in [2.75, 3.05) is 19.5 Å². The van der Waals surface area contributed by atoms with E-state index in [1.807, 2.05) is 24.3 Å². The number of nitro groups is 1. The minimum absolute atomic E-state index is 0.0498. The van der Waals surface area contributed by atoms with Crippen LogP contribution in [0.4, 0.5) is 15.8 Å². The Morgan fingerprint density at radius 1 is 1.22 bits per heavy atom. The SMILES string of the molecule is COCc1cccc(CNc2cc(OC)c(F)cc2[N+](=O)[O-])c1. The summed E-state index contributed by atoms with van der Waals surface area (Å²) in [5.41, 5.74) is 1.79. The van der Waals surface area contributed by atoms with E-state index in [9.17, 15) is 14.5 Å². The zero-order valence-electron chi connectivity index (χ0n) is 12.8. The van der Waals surface area contributed by atoms with E-state index in [-0.39, 0.29) is 17.1 Å². The molecular formula is C16H17FN2O4. The van der Waals surface area contributed by atoms with Gasteiger partial charge in [0.1, 0.15) is 5.69 Å². The summed E-state index contributed by atoms with van der Waals surface area (Å²) >= 11 is 0. The number of hydrogen-bond donors (Lipinski definition) is 1. The highest BCUT2D eigenvalue weighted by molar-refractivity contribution is 5.64. The maximum atomic E-state index is 13.6. The van der Waals surface area contributed by atoms with Gasteiger partial charge in [0.25, 0.3) is 5.69 Å². The third-order valence-corrected chi connectivity index (χ3v) is 3.25. The van der Waals surface area contributed by atoms with Crippen LogP contribution in [-0.4, -0.2) is 19.1 Å². The summed E-state index contributed by atoms with van der Waals surface area (Å²) in [4.78, 5) is 10.4. The monoisotopic (exact) mass is 320 g/mol. The molecule has 0 spiro atoms. The molecule has 2 rings (SSSR count). The Bertz CT molecular complexity index is 706. The first-order valence-corrected chi connectivity index (χ1v) is 6.87. The minimum atomic E-state index is -0.771. The molecule has 7 heteroatoms. The van der Waals surface area contributed by atoms with Gasteiger partial charge in [0, 0.05) is 19.7 Å². The van der Waals surface area contributed by atoms with Crippen LogP contribution in [0.5, 0.6) is 5.75 Å². The van der Waals surface area contributed by atoms with Gasteiger partial charge in [0.05, 0.1) is 24.7 Å². The van der Waals surface area contributed by atoms with Crippen molar-refractivity contribution in [1.82, 2.24) is 0 Å². The van der Waals surface area contributed by atoms with Gasteiger partial charge in [-0.3, -0.25) is 10.1 Å². The molecule has 0 atom stereocenters. The number of nitrogens with zero attached hydrogens (tertiary/aromatic N) is 1. The average Bonchev–Trinajstić information content (AvgIpc) is 2.54. The lowest BCUT2D eigenvalue weighted by atomic mass is 10.1. The van der Waals surface area contributed by atoms with Crippen LogP contribution in [0, 0.1) is 15.9 Å². The second kappa shape index (κ2) is 7.55. The lowest BCUT2D eigenvalue weighted by Gasteiger charge is -2.10. The molecule has 2 aromatic carbocycles. The van der Waals surface area contributed by atoms with Crippen molar-refractivity contribution in [3.8, 4) is 5.75 Å². The molecule has 0 radical (unpaired) electrons. The number of benzene rings is 2. The molecule has 6 nitrogen and oxygen atoms in total. The van der Waals surface area contributed by atoms with E-state index in [0.717, 1.165) is 17.2 Å². The summed E-state index contributed by atoms with van der Waals surface area (Å²) in [7, 11) is 2.92. The van der Waals surface area contributed by atoms with Gasteiger partial charge in [-0.2, -0.15) is 0 Å². The van der Waals surface area contributed by atoms with Crippen molar-refractivity contribution in [3.63, 3.8) is 0 Å². The van der Waals surface area contributed by atoms with Crippen molar-refractivity contribution in [2.45, 2.75) is 13.2 Å². The van der Waals surface area contributed by atoms with E-state index in [2.05, 4.69) is 5.32 Å². The smallest absolute Gasteiger partial charge is 0.295 e. The molecule has 2 aromatic rings. The molecule has 0 heterocycles. The number of nitro benzene ring substituents is 1. The highest BCUT2D eigenvalue weighted by Crippen LogP contribution is 2.32. The molecule has 0 aromatic heterocycles. The second-order valence-electron chi connectivity index (χ2n) is 4.87. The topological polar surface area (TPSA) is 73.6 Å². The first-order valence-electron chi connectivity index (χ1n) is 6.87. The second-order valence-corrected chi connectivity index (χ2v) is 4.87. The lowest BCUT2D eigenvalue weighted by Crippen LogP contribution is -2.04. The van der Waals surface area contributed by atoms with Crippen LogP contribution >= 0.6 is 0 Å². The molecule has 0 saturated heterocycles. The van der Waals surface area contributed by atoms with Crippen LogP contribution in [0.25, 0.3) is 0 Å². The fourth-order valence-electron chi connectivity index (χ4n) is 2.19. The van der Waals surface area contributed by atoms with Crippen molar-refractivity contribution in [1.29, 1.82) is 0 Å². The molecule has 0 unspecified atom stereocenters. The third kappa shape index (κ3) is 4.17. The van der Waals surface area contributed by atoms with Crippen LogP contribution in [0.1, 0.15) is 11.1 Å². The molecule has 0 aliphatic rings. The molecule has 0 bridgehead atoms. The first-order chi connectivity index (χ1) is 11.0. The van der Waals surface area contributed by atoms with Gasteiger partial charge in [-0.05, 0) is 11.1 Å². The van der Waals surface area contributed by atoms with Gasteiger partial charge in [-0.1, -0.05) is 24.3 Å². The highest BCUT2D eigenvalue weighted by Gasteiger charge is 2.18. The number of ether oxygens (including phenoxy) is 2. The minimum Gasteiger partial charge on any atom is -0.494 e. The zero-order valence-corrected chi connectivity index (χ0v) is 12.8. The van der Waals surface area contributed by atoms with Crippen LogP contribution in [-0.2, 0) is 17.9 Å². The van der Waals surface area contributed by atoms with Gasteiger partial charge in [-0.15, -0.1) is 0 Å². The van der Waals surface area contributed by atoms with Crippen LogP contribution in [0.3, 0.4) is 0 Å². The molecule has 23 heavy (non-hydrogen) atoms. The summed E-state index contributed by atoms with van der Waals surface area (Å²) in [6.45, 7) is 0.839. The Hall–Kier alpha value is -2.67. The fraction of sp³-hybridized carbons (Fsp3) is 0.250. The zero-order chi connectivity index (χ0) is 16.8. The van der Waals surface area contributed by atoms with E-state index in [1.54, 1.807) is 7.11 Å². The maximum absolute atomic E-state index is 13.6. The van der Waals surface area contributed by atoms with Crippen LogP contribution in [0.2, 0.25) is 0 Å². The van der Waals surface area contributed by atoms with Crippen molar-refractivity contribution >= 4 is 11.4 Å². The number of nitrogens with one attached hydrogen (secondary N) is 1. The summed E-state index contributed by atoms with van der Waals surface area (Å²) in [6.07, 6.45) is 0. The Morgan fingerprint density at radius 3 is 2.61 bits per heavy atom. The van der Waals surface area contributed by atoms with Crippen molar-refractivity contribution in [3.05, 3.63) is 63.5 Å². The van der Waals surface area contributed by atoms with E-state index in [0.29, 0.717) is 13.2 Å². The predicted octanol–water partition coefficient (Wildman–Crippen LogP) is 3.50. The van der Waals surface area contributed by atoms with Gasteiger partial charge >= 0.3 is 0 Å². The number of halogens is 1. The maximum Gasteiger partial charge on any atom is 0.295 e. The number of hydrogen-bond acceptors (Lipinski definition) is 5. The van der Waals surface area contributed by atoms with Gasteiger partial charge < -0.3 is 14.8 Å². The molecule has 1 N–H and O–H groups in total. The quantitative estimate of drug-likeness (QED) is 0.624. The number of rotatable bonds is 7. The molecule has 0 fully saturated rings. The molecular weight excluding hydrogens is 303 g/mol. The lowest BCUT2D eigenvalue weighted by molar-refractivity contribution is -0.384. The Morgan fingerprint density at radius 2 is 1.96 bits per heavy atom. The highest BCUT2D eigenvalue weighted by atomic mass is 19.1. The standard InChI is InChI=1S/C16H17FN2O4/c1-22-10-12-5-3-4-11(6-12)9-18-14-8-16(23-2)13(17)7-15(14)19(20)21/h3-8,18H,9-10H2,1-2H3. The molecule has 0 aliphatic carbocycles. The third-order valence-electron chi connectivity index (χ3n) is 3.25. The van der Waals surface area contributed by atoms with E-state index >= 15 is 0 Å². The Balaban J connectivity index is 2.22. The van der Waals surface area contributed by atoms with E-state index in [4.69, 9.17) is 9.47 Å². The number of methoxy groups -OCH3 is 2. The Kier molecular flexibility index (Phi) is 5.48. The normalized spacial score (nSPS) is 10.4. The van der Waals surface area contributed by atoms with Crippen molar-refractivity contribution < 1.29 is 18.8 Å². The van der Waals surface area contributed by atoms with Gasteiger partial charge in [0.15, 0.2) is 11.6 Å². The van der Waals surface area contributed by atoms with Gasteiger partial charge in [-0.25, -0.2) is 4.39 Å². The van der Waals surface area contributed by atoms with Crippen molar-refractivity contribution in [2.24, 2.45) is 0 Å².